The molecule has 5 rings (SSSR count). The van der Waals surface area contributed by atoms with E-state index in [2.05, 4.69) is 43.6 Å². The number of rotatable bonds is 9. The van der Waals surface area contributed by atoms with Gasteiger partial charge in [0.25, 0.3) is 10.0 Å². The number of fused-ring (bicyclic) bond motifs is 1. The summed E-state index contributed by atoms with van der Waals surface area (Å²) < 4.78 is 40.6. The molecular formula is C28H34ClN7O4S. The largest absolute Gasteiger partial charge is 0.491 e. The molecule has 41 heavy (non-hydrogen) atoms. The lowest BCUT2D eigenvalue weighted by atomic mass is 10.1. The number of likely N-dealkylation sites (tertiary alicyclic amines) is 1. The molecule has 0 radical (unpaired) electrons. The highest BCUT2D eigenvalue weighted by molar-refractivity contribution is 7.92. The van der Waals surface area contributed by atoms with E-state index in [9.17, 15) is 8.42 Å². The van der Waals surface area contributed by atoms with Gasteiger partial charge in [-0.15, -0.1) is 0 Å². The van der Waals surface area contributed by atoms with E-state index in [1.165, 1.54) is 12.3 Å². The van der Waals surface area contributed by atoms with Gasteiger partial charge in [0.15, 0.2) is 16.5 Å². The van der Waals surface area contributed by atoms with Crippen LogP contribution in [0.15, 0.2) is 41.6 Å². The molecule has 0 saturated carbocycles. The molecule has 4 aromatic rings. The van der Waals surface area contributed by atoms with Crippen molar-refractivity contribution >= 4 is 38.3 Å². The van der Waals surface area contributed by atoms with Gasteiger partial charge in [-0.2, -0.15) is 18.5 Å². The first-order valence-electron chi connectivity index (χ1n) is 13.6. The summed E-state index contributed by atoms with van der Waals surface area (Å²) in [5.41, 5.74) is 2.09. The van der Waals surface area contributed by atoms with Gasteiger partial charge in [-0.05, 0) is 71.7 Å². The maximum Gasteiger partial charge on any atom is 0.279 e. The van der Waals surface area contributed by atoms with Gasteiger partial charge in [-0.3, -0.25) is 9.82 Å². The number of nitrogens with zero attached hydrogens (tertiary/aromatic N) is 5. The average molecular weight is 600 g/mol. The molecule has 0 atom stereocenters. The van der Waals surface area contributed by atoms with Gasteiger partial charge < -0.3 is 14.4 Å². The second-order valence-corrected chi connectivity index (χ2v) is 12.7. The van der Waals surface area contributed by atoms with E-state index >= 15 is 0 Å². The maximum absolute atomic E-state index is 13.0. The number of sulfonamides is 1. The summed E-state index contributed by atoms with van der Waals surface area (Å²) in [7, 11) is -4.02. The Morgan fingerprint density at radius 2 is 1.85 bits per heavy atom. The summed E-state index contributed by atoms with van der Waals surface area (Å²) >= 11 is 6.55. The van der Waals surface area contributed by atoms with Crippen molar-refractivity contribution in [1.82, 2.24) is 30.0 Å². The van der Waals surface area contributed by atoms with Crippen molar-refractivity contribution in [3.63, 3.8) is 0 Å². The van der Waals surface area contributed by atoms with E-state index in [1.54, 1.807) is 24.3 Å². The molecular weight excluding hydrogens is 566 g/mol. The Balaban J connectivity index is 1.39. The minimum atomic E-state index is -4.02. The second kappa shape index (κ2) is 11.8. The molecule has 0 bridgehead atoms. The number of nitrogens with one attached hydrogen (secondary N) is 2. The zero-order valence-corrected chi connectivity index (χ0v) is 25.3. The predicted molar refractivity (Wildman–Crippen MR) is 158 cm³/mol. The molecule has 4 heterocycles. The van der Waals surface area contributed by atoms with Gasteiger partial charge in [0, 0.05) is 37.0 Å². The second-order valence-electron chi connectivity index (χ2n) is 10.6. The monoisotopic (exact) mass is 599 g/mol. The zero-order chi connectivity index (χ0) is 29.3. The Morgan fingerprint density at radius 3 is 2.54 bits per heavy atom. The van der Waals surface area contributed by atoms with Crippen molar-refractivity contribution in [1.29, 1.82) is 0 Å². The molecule has 0 spiro atoms. The molecule has 1 aliphatic heterocycles. The minimum absolute atomic E-state index is 0.0312. The first-order valence-corrected chi connectivity index (χ1v) is 15.4. The fourth-order valence-corrected chi connectivity index (χ4v) is 6.07. The number of aryl methyl sites for hydroxylation is 1. The van der Waals surface area contributed by atoms with Gasteiger partial charge in [0.05, 0.1) is 22.5 Å². The summed E-state index contributed by atoms with van der Waals surface area (Å²) in [6.07, 6.45) is 3.10. The third-order valence-electron chi connectivity index (χ3n) is 6.88. The summed E-state index contributed by atoms with van der Waals surface area (Å²) in [6, 6.07) is 8.35. The summed E-state index contributed by atoms with van der Waals surface area (Å²) in [4.78, 5) is 15.8. The number of aromatic nitrogens is 5. The number of anilines is 1. The normalized spacial score (nSPS) is 15.1. The van der Waals surface area contributed by atoms with Crippen molar-refractivity contribution in [3.05, 3.63) is 47.2 Å². The van der Waals surface area contributed by atoms with Crippen molar-refractivity contribution in [3.8, 4) is 23.0 Å². The number of H-pyrrole nitrogens is 1. The number of aromatic amines is 1. The minimum Gasteiger partial charge on any atom is -0.491 e. The predicted octanol–water partition coefficient (Wildman–Crippen LogP) is 5.22. The van der Waals surface area contributed by atoms with Crippen LogP contribution in [0.2, 0.25) is 5.02 Å². The Kier molecular flexibility index (Phi) is 8.35. The van der Waals surface area contributed by atoms with Crippen LogP contribution in [0, 0.1) is 6.92 Å². The van der Waals surface area contributed by atoms with Gasteiger partial charge in [0.1, 0.15) is 17.2 Å². The molecule has 13 heteroatoms. The first-order chi connectivity index (χ1) is 19.5. The Labute approximate surface area is 244 Å². The van der Waals surface area contributed by atoms with E-state index in [1.807, 2.05) is 20.8 Å². The standard InChI is InChI=1S/C28H34ClN7O4S/c1-16(2)36-12-9-20(10-13-36)40-28-25-18(5)33-34-27(25)31-26(32-28)19-6-7-23(22(29)14-19)35-41(37,38)24-15-21(8-11-30-24)39-17(3)4/h6-8,11,14-17,20,35H,9-10,12-13H2,1-5H3,(H,31,32,33,34). The molecule has 3 aromatic heterocycles. The number of piperidine rings is 1. The van der Waals surface area contributed by atoms with E-state index in [0.717, 1.165) is 37.0 Å². The van der Waals surface area contributed by atoms with Crippen LogP contribution in [-0.4, -0.2) is 69.8 Å². The molecule has 1 aromatic carbocycles. The lowest BCUT2D eigenvalue weighted by Crippen LogP contribution is -2.41. The number of ether oxygens (including phenoxy) is 2. The lowest BCUT2D eigenvalue weighted by molar-refractivity contribution is 0.0824. The summed E-state index contributed by atoms with van der Waals surface area (Å²) in [5, 5.41) is 8.00. The molecule has 0 amide bonds. The van der Waals surface area contributed by atoms with Crippen LogP contribution >= 0.6 is 11.6 Å². The van der Waals surface area contributed by atoms with E-state index in [4.69, 9.17) is 26.1 Å². The molecule has 1 fully saturated rings. The first kappa shape index (κ1) is 29.0. The smallest absolute Gasteiger partial charge is 0.279 e. The summed E-state index contributed by atoms with van der Waals surface area (Å²) in [5.74, 6) is 1.25. The van der Waals surface area contributed by atoms with Crippen LogP contribution in [0.4, 0.5) is 5.69 Å². The lowest BCUT2D eigenvalue weighted by Gasteiger charge is -2.34. The topological polar surface area (TPSA) is 135 Å². The highest BCUT2D eigenvalue weighted by atomic mass is 35.5. The summed E-state index contributed by atoms with van der Waals surface area (Å²) in [6.45, 7) is 11.9. The van der Waals surface area contributed by atoms with Crippen molar-refractivity contribution < 1.29 is 17.9 Å². The average Bonchev–Trinajstić information content (AvgIpc) is 3.30. The number of halogens is 1. The fraction of sp³-hybridized carbons (Fsp3) is 0.429. The van der Waals surface area contributed by atoms with E-state index in [0.29, 0.717) is 34.7 Å². The Morgan fingerprint density at radius 1 is 1.10 bits per heavy atom. The molecule has 1 saturated heterocycles. The van der Waals surface area contributed by atoms with E-state index < -0.39 is 10.0 Å². The quantitative estimate of drug-likeness (QED) is 0.265. The van der Waals surface area contributed by atoms with Gasteiger partial charge in [-0.25, -0.2) is 9.97 Å². The van der Waals surface area contributed by atoms with Crippen molar-refractivity contribution in [2.24, 2.45) is 0 Å². The van der Waals surface area contributed by atoms with Crippen LogP contribution in [0.5, 0.6) is 11.6 Å². The van der Waals surface area contributed by atoms with Gasteiger partial charge in [-0.1, -0.05) is 11.6 Å². The molecule has 2 N–H and O–H groups in total. The van der Waals surface area contributed by atoms with Crippen LogP contribution in [0.3, 0.4) is 0 Å². The van der Waals surface area contributed by atoms with Crippen LogP contribution in [0.25, 0.3) is 22.4 Å². The third kappa shape index (κ3) is 6.55. The Hall–Kier alpha value is -3.48. The van der Waals surface area contributed by atoms with Crippen LogP contribution < -0.4 is 14.2 Å². The van der Waals surface area contributed by atoms with E-state index in [-0.39, 0.29) is 27.9 Å². The van der Waals surface area contributed by atoms with Crippen LogP contribution in [-0.2, 0) is 10.0 Å². The number of benzene rings is 1. The highest BCUT2D eigenvalue weighted by Gasteiger charge is 2.25. The molecule has 0 unspecified atom stereocenters. The fourth-order valence-electron chi connectivity index (χ4n) is 4.74. The van der Waals surface area contributed by atoms with Gasteiger partial charge >= 0.3 is 0 Å². The third-order valence-corrected chi connectivity index (χ3v) is 8.45. The molecule has 11 nitrogen and oxygen atoms in total. The number of hydrogen-bond donors (Lipinski definition) is 2. The SMILES string of the molecule is Cc1n[nH]c2nc(-c3ccc(NS(=O)(=O)c4cc(OC(C)C)ccn4)c(Cl)c3)nc(OC3CCN(C(C)C)CC3)c12. The van der Waals surface area contributed by atoms with Crippen molar-refractivity contribution in [2.45, 2.75) is 70.7 Å². The highest BCUT2D eigenvalue weighted by Crippen LogP contribution is 2.33. The molecule has 218 valence electrons. The van der Waals surface area contributed by atoms with Crippen molar-refractivity contribution in [2.75, 3.05) is 17.8 Å². The molecule has 1 aliphatic rings. The number of hydrogen-bond acceptors (Lipinski definition) is 9. The van der Waals surface area contributed by atoms with Gasteiger partial charge in [0.2, 0.25) is 5.88 Å². The maximum atomic E-state index is 13.0. The molecule has 0 aliphatic carbocycles. The Bertz CT molecular complexity index is 1650. The van der Waals surface area contributed by atoms with Crippen LogP contribution in [0.1, 0.15) is 46.2 Å². The zero-order valence-electron chi connectivity index (χ0n) is 23.7. The number of pyridine rings is 1.